The molecule has 1 aliphatic rings. The van der Waals surface area contributed by atoms with Crippen LogP contribution in [0.25, 0.3) is 0 Å². The minimum Gasteiger partial charge on any atom is -0.344 e. The van der Waals surface area contributed by atoms with Crippen molar-refractivity contribution in [3.05, 3.63) is 0 Å². The molecule has 10 heteroatoms. The Labute approximate surface area is 95.6 Å². The van der Waals surface area contributed by atoms with Crippen LogP contribution in [0.5, 0.6) is 0 Å². The highest BCUT2D eigenvalue weighted by atomic mass is 32.2. The van der Waals surface area contributed by atoms with Crippen LogP contribution >= 0.6 is 0 Å². The summed E-state index contributed by atoms with van der Waals surface area (Å²) in [7, 11) is -6.81. The van der Waals surface area contributed by atoms with E-state index in [1.165, 1.54) is 0 Å². The summed E-state index contributed by atoms with van der Waals surface area (Å²) in [5.41, 5.74) is 4.96. The summed E-state index contributed by atoms with van der Waals surface area (Å²) < 4.78 is 52.6. The lowest BCUT2D eigenvalue weighted by atomic mass is 10.5. The van der Waals surface area contributed by atoms with Gasteiger partial charge in [0.2, 0.25) is 0 Å². The van der Waals surface area contributed by atoms with Crippen molar-refractivity contribution in [3.63, 3.8) is 0 Å². The van der Waals surface area contributed by atoms with Gasteiger partial charge in [-0.1, -0.05) is 0 Å². The molecule has 100 valence electrons. The molecule has 0 saturated carbocycles. The van der Waals surface area contributed by atoms with Crippen molar-refractivity contribution in [1.29, 1.82) is 0 Å². The van der Waals surface area contributed by atoms with Crippen LogP contribution in [-0.4, -0.2) is 46.0 Å². The highest BCUT2D eigenvalue weighted by molar-refractivity contribution is 7.86. The van der Waals surface area contributed by atoms with E-state index >= 15 is 0 Å². The van der Waals surface area contributed by atoms with E-state index in [2.05, 4.69) is 4.18 Å². The predicted molar refractivity (Wildman–Crippen MR) is 59.5 cm³/mol. The number of hydrogen-bond donors (Lipinski definition) is 3. The van der Waals surface area contributed by atoms with Crippen LogP contribution in [-0.2, 0) is 24.4 Å². The van der Waals surface area contributed by atoms with Gasteiger partial charge < -0.3 is 11.9 Å². The molecule has 8 nitrogen and oxygen atoms in total. The zero-order chi connectivity index (χ0) is 11.9. The molecular weight excluding hydrogens is 260 g/mol. The molecule has 1 saturated heterocycles. The highest BCUT2D eigenvalue weighted by Gasteiger charge is 2.16. The molecule has 1 aliphatic heterocycles. The molecule has 0 aromatic rings. The second kappa shape index (κ2) is 7.92. The van der Waals surface area contributed by atoms with Crippen molar-refractivity contribution >= 4 is 20.2 Å². The summed E-state index contributed by atoms with van der Waals surface area (Å²) in [5, 5.41) is 0. The average molecular weight is 278 g/mol. The summed E-state index contributed by atoms with van der Waals surface area (Å²) in [6.45, 7) is 0.669. The Hall–Kier alpha value is -0.260. The third-order valence-corrected chi connectivity index (χ3v) is 3.53. The quantitative estimate of drug-likeness (QED) is 0.443. The topological polar surface area (TPSA) is 159 Å². The van der Waals surface area contributed by atoms with E-state index in [0.29, 0.717) is 26.0 Å². The molecule has 0 aromatic carbocycles. The zero-order valence-corrected chi connectivity index (χ0v) is 10.5. The maximum atomic E-state index is 10.2. The lowest BCUT2D eigenvalue weighted by Gasteiger charge is -1.90. The van der Waals surface area contributed by atoms with E-state index in [9.17, 15) is 16.8 Å². The second-order valence-electron chi connectivity index (χ2n) is 2.87. The Morgan fingerprint density at radius 3 is 2.06 bits per heavy atom. The first kappa shape index (κ1) is 18.1. The molecule has 0 aliphatic carbocycles. The first-order valence-corrected chi connectivity index (χ1v) is 7.48. The van der Waals surface area contributed by atoms with Crippen LogP contribution in [0.4, 0.5) is 0 Å². The van der Waals surface area contributed by atoms with Gasteiger partial charge >= 0.3 is 0 Å². The zero-order valence-electron chi connectivity index (χ0n) is 8.83. The second-order valence-corrected chi connectivity index (χ2v) is 6.20. The van der Waals surface area contributed by atoms with E-state index in [4.69, 9.17) is 10.3 Å². The van der Waals surface area contributed by atoms with Gasteiger partial charge in [0.25, 0.3) is 20.2 Å². The van der Waals surface area contributed by atoms with Gasteiger partial charge in [-0.2, -0.15) is 16.8 Å². The Kier molecular flexibility index (Phi) is 8.97. The van der Waals surface area contributed by atoms with Gasteiger partial charge in [-0.15, -0.1) is 0 Å². The molecule has 1 heterocycles. The number of nitrogens with two attached hydrogens (primary N) is 1. The first-order chi connectivity index (χ1) is 6.77. The summed E-state index contributed by atoms with van der Waals surface area (Å²) in [4.78, 5) is 0. The molecule has 16 heavy (non-hydrogen) atoms. The maximum Gasteiger partial charge on any atom is 0.267 e. The molecular formula is C6H18N2O6S2. The lowest BCUT2D eigenvalue weighted by molar-refractivity contribution is 0.354. The van der Waals surface area contributed by atoms with Crippen molar-refractivity contribution in [2.45, 2.75) is 12.8 Å². The normalized spacial score (nSPS) is 18.1. The first-order valence-electron chi connectivity index (χ1n) is 4.29. The van der Waals surface area contributed by atoms with Crippen molar-refractivity contribution in [3.8, 4) is 0 Å². The van der Waals surface area contributed by atoms with E-state index in [1.807, 2.05) is 0 Å². The Morgan fingerprint density at radius 2 is 1.94 bits per heavy atom. The largest absolute Gasteiger partial charge is 0.344 e. The molecule has 0 bridgehead atoms. The van der Waals surface area contributed by atoms with Crippen molar-refractivity contribution in [2.75, 3.05) is 24.7 Å². The SMILES string of the molecule is N.NCCCS(=O)(=O)O.O=S1(=O)CCCO1. The lowest BCUT2D eigenvalue weighted by Crippen LogP contribution is -2.09. The van der Waals surface area contributed by atoms with Crippen molar-refractivity contribution in [1.82, 2.24) is 6.15 Å². The smallest absolute Gasteiger partial charge is 0.267 e. The molecule has 0 unspecified atom stereocenters. The summed E-state index contributed by atoms with van der Waals surface area (Å²) in [6.07, 6.45) is 0.973. The standard InChI is InChI=1S/C3H9NO3S.C3H6O3S.H3N/c4-2-1-3-8(5,6)7;4-7(5)3-1-2-6-7;/h1-4H2,(H,5,6,7);1-3H2;1H3. The number of hydrogen-bond acceptors (Lipinski definition) is 7. The van der Waals surface area contributed by atoms with E-state index in [1.54, 1.807) is 0 Å². The minimum atomic E-state index is -3.77. The van der Waals surface area contributed by atoms with Crippen molar-refractivity contribution in [2.24, 2.45) is 5.73 Å². The Bertz CT molecular complexity index is 350. The summed E-state index contributed by atoms with van der Waals surface area (Å²) >= 11 is 0. The average Bonchev–Trinajstić information content (AvgIpc) is 2.46. The van der Waals surface area contributed by atoms with E-state index < -0.39 is 20.2 Å². The van der Waals surface area contributed by atoms with E-state index in [0.717, 1.165) is 0 Å². The molecule has 0 spiro atoms. The van der Waals surface area contributed by atoms with Gasteiger partial charge in [-0.05, 0) is 19.4 Å². The summed E-state index contributed by atoms with van der Waals surface area (Å²) in [5.74, 6) is -0.0312. The van der Waals surface area contributed by atoms with Crippen molar-refractivity contribution < 1.29 is 25.6 Å². The molecule has 0 radical (unpaired) electrons. The van der Waals surface area contributed by atoms with Crippen LogP contribution in [0.3, 0.4) is 0 Å². The van der Waals surface area contributed by atoms with Crippen LogP contribution < -0.4 is 11.9 Å². The minimum absolute atomic E-state index is 0. The predicted octanol–water partition coefficient (Wildman–Crippen LogP) is -0.878. The fourth-order valence-corrected chi connectivity index (χ4v) is 2.24. The number of rotatable bonds is 3. The van der Waals surface area contributed by atoms with Gasteiger partial charge in [-0.3, -0.25) is 8.74 Å². The molecule has 0 aromatic heterocycles. The van der Waals surface area contributed by atoms with Gasteiger partial charge in [0.05, 0.1) is 18.1 Å². The van der Waals surface area contributed by atoms with Gasteiger partial charge in [-0.25, -0.2) is 0 Å². The highest BCUT2D eigenvalue weighted by Crippen LogP contribution is 2.04. The third kappa shape index (κ3) is 11.8. The van der Waals surface area contributed by atoms with Gasteiger partial charge in [0.1, 0.15) is 0 Å². The molecule has 0 amide bonds. The van der Waals surface area contributed by atoms with Crippen LogP contribution in [0.2, 0.25) is 0 Å². The molecule has 6 N–H and O–H groups in total. The van der Waals surface area contributed by atoms with Gasteiger partial charge in [0, 0.05) is 0 Å². The fourth-order valence-electron chi connectivity index (χ4n) is 0.746. The fraction of sp³-hybridized carbons (Fsp3) is 1.00. The third-order valence-electron chi connectivity index (χ3n) is 1.41. The van der Waals surface area contributed by atoms with Crippen LogP contribution in [0.15, 0.2) is 0 Å². The molecule has 1 rings (SSSR count). The van der Waals surface area contributed by atoms with Gasteiger partial charge in [0.15, 0.2) is 0 Å². The van der Waals surface area contributed by atoms with Crippen LogP contribution in [0, 0.1) is 0 Å². The Balaban J connectivity index is 0. The van der Waals surface area contributed by atoms with Crippen LogP contribution in [0.1, 0.15) is 12.8 Å². The molecule has 1 fully saturated rings. The molecule has 0 atom stereocenters. The van der Waals surface area contributed by atoms with E-state index in [-0.39, 0.29) is 17.7 Å². The monoisotopic (exact) mass is 278 g/mol. The maximum absolute atomic E-state index is 10.2. The summed E-state index contributed by atoms with van der Waals surface area (Å²) in [6, 6.07) is 0. The Morgan fingerprint density at radius 1 is 1.38 bits per heavy atom.